The molecule has 31 heavy (non-hydrogen) atoms. The zero-order chi connectivity index (χ0) is 22.0. The predicted molar refractivity (Wildman–Crippen MR) is 118 cm³/mol. The van der Waals surface area contributed by atoms with E-state index in [-0.39, 0.29) is 23.4 Å². The Morgan fingerprint density at radius 1 is 0.968 bits per heavy atom. The van der Waals surface area contributed by atoms with Gasteiger partial charge in [-0.3, -0.25) is 9.69 Å². The summed E-state index contributed by atoms with van der Waals surface area (Å²) in [5.74, 6) is -0.558. The van der Waals surface area contributed by atoms with Crippen LogP contribution in [0.4, 0.5) is 10.1 Å². The monoisotopic (exact) mass is 445 g/mol. The van der Waals surface area contributed by atoms with Crippen molar-refractivity contribution in [3.8, 4) is 0 Å². The van der Waals surface area contributed by atoms with Gasteiger partial charge in [0.25, 0.3) is 0 Å². The third-order valence-electron chi connectivity index (χ3n) is 6.23. The molecule has 1 fully saturated rings. The molecule has 0 aromatic heterocycles. The van der Waals surface area contributed by atoms with E-state index in [9.17, 15) is 17.6 Å². The Balaban J connectivity index is 1.38. The van der Waals surface area contributed by atoms with Gasteiger partial charge in [0, 0.05) is 31.9 Å². The van der Waals surface area contributed by atoms with Gasteiger partial charge >= 0.3 is 0 Å². The van der Waals surface area contributed by atoms with Gasteiger partial charge < -0.3 is 5.32 Å². The highest BCUT2D eigenvalue weighted by atomic mass is 32.2. The van der Waals surface area contributed by atoms with Gasteiger partial charge in [-0.2, -0.15) is 4.31 Å². The molecule has 0 saturated carbocycles. The SMILES string of the molecule is C[C@H](C(=O)Nc1ccc2c(c1)CCC2)N1CCCN(S(=O)(=O)c2ccc(F)cc2)CC1. The summed E-state index contributed by atoms with van der Waals surface area (Å²) in [7, 11) is -3.69. The minimum absolute atomic E-state index is 0.0877. The van der Waals surface area contributed by atoms with Crippen molar-refractivity contribution in [2.45, 2.75) is 43.5 Å². The lowest BCUT2D eigenvalue weighted by atomic mass is 10.1. The van der Waals surface area contributed by atoms with Crippen molar-refractivity contribution in [3.63, 3.8) is 0 Å². The number of anilines is 1. The molecule has 0 spiro atoms. The minimum atomic E-state index is -3.69. The zero-order valence-electron chi connectivity index (χ0n) is 17.7. The summed E-state index contributed by atoms with van der Waals surface area (Å²) in [5, 5.41) is 3.01. The predicted octanol–water partition coefficient (Wildman–Crippen LogP) is 3.04. The number of amides is 1. The van der Waals surface area contributed by atoms with Crippen LogP contribution in [-0.2, 0) is 27.7 Å². The van der Waals surface area contributed by atoms with Crippen molar-refractivity contribution in [3.05, 3.63) is 59.4 Å². The van der Waals surface area contributed by atoms with Gasteiger partial charge in [0.1, 0.15) is 5.82 Å². The first kappa shape index (κ1) is 21.9. The Morgan fingerprint density at radius 2 is 1.71 bits per heavy atom. The summed E-state index contributed by atoms with van der Waals surface area (Å²) in [5.41, 5.74) is 3.48. The molecule has 1 N–H and O–H groups in total. The summed E-state index contributed by atoms with van der Waals surface area (Å²) in [6.07, 6.45) is 3.94. The number of carbonyl (C=O) groups excluding carboxylic acids is 1. The molecule has 1 saturated heterocycles. The molecule has 1 aliphatic carbocycles. The molecule has 2 aliphatic rings. The third kappa shape index (κ3) is 4.81. The number of hydrogen-bond donors (Lipinski definition) is 1. The Kier molecular flexibility index (Phi) is 6.41. The molecule has 2 aromatic carbocycles. The Hall–Kier alpha value is -2.29. The first-order valence-electron chi connectivity index (χ1n) is 10.8. The Bertz CT molecular complexity index is 1060. The van der Waals surface area contributed by atoms with Crippen molar-refractivity contribution >= 4 is 21.6 Å². The molecule has 1 amide bonds. The molecule has 166 valence electrons. The quantitative estimate of drug-likeness (QED) is 0.768. The fourth-order valence-corrected chi connectivity index (χ4v) is 5.83. The molecule has 0 bridgehead atoms. The second-order valence-electron chi connectivity index (χ2n) is 8.25. The van der Waals surface area contributed by atoms with E-state index in [1.807, 2.05) is 17.9 Å². The number of rotatable bonds is 5. The second kappa shape index (κ2) is 9.06. The number of benzene rings is 2. The van der Waals surface area contributed by atoms with E-state index in [0.29, 0.717) is 26.1 Å². The number of halogens is 1. The third-order valence-corrected chi connectivity index (χ3v) is 8.15. The highest BCUT2D eigenvalue weighted by Crippen LogP contribution is 2.25. The van der Waals surface area contributed by atoms with Gasteiger partial charge in [0.05, 0.1) is 10.9 Å². The molecular formula is C23H28FN3O3S. The highest BCUT2D eigenvalue weighted by Gasteiger charge is 2.30. The van der Waals surface area contributed by atoms with Crippen molar-refractivity contribution in [2.75, 3.05) is 31.5 Å². The zero-order valence-corrected chi connectivity index (χ0v) is 18.5. The Morgan fingerprint density at radius 3 is 2.48 bits per heavy atom. The van der Waals surface area contributed by atoms with Gasteiger partial charge in [-0.15, -0.1) is 0 Å². The normalized spacial score (nSPS) is 18.9. The van der Waals surface area contributed by atoms with Crippen LogP contribution in [0.5, 0.6) is 0 Å². The topological polar surface area (TPSA) is 69.7 Å². The van der Waals surface area contributed by atoms with Crippen LogP contribution in [0, 0.1) is 5.82 Å². The number of nitrogens with zero attached hydrogens (tertiary/aromatic N) is 2. The van der Waals surface area contributed by atoms with Crippen LogP contribution in [0.3, 0.4) is 0 Å². The smallest absolute Gasteiger partial charge is 0.243 e. The van der Waals surface area contributed by atoms with Crippen LogP contribution in [-0.4, -0.2) is 55.8 Å². The average molecular weight is 446 g/mol. The van der Waals surface area contributed by atoms with Crippen molar-refractivity contribution in [2.24, 2.45) is 0 Å². The van der Waals surface area contributed by atoms with E-state index in [0.717, 1.165) is 37.1 Å². The van der Waals surface area contributed by atoms with Crippen molar-refractivity contribution in [1.29, 1.82) is 0 Å². The number of fused-ring (bicyclic) bond motifs is 1. The molecule has 4 rings (SSSR count). The summed E-state index contributed by atoms with van der Waals surface area (Å²) in [6, 6.07) is 10.6. The van der Waals surface area contributed by atoms with E-state index >= 15 is 0 Å². The van der Waals surface area contributed by atoms with Gasteiger partial charge in [-0.05, 0) is 80.1 Å². The average Bonchev–Trinajstić information content (AvgIpc) is 3.07. The first-order chi connectivity index (χ1) is 14.8. The van der Waals surface area contributed by atoms with E-state index in [2.05, 4.69) is 17.4 Å². The van der Waals surface area contributed by atoms with Gasteiger partial charge in [-0.25, -0.2) is 12.8 Å². The maximum atomic E-state index is 13.2. The molecule has 1 heterocycles. The van der Waals surface area contributed by atoms with Crippen LogP contribution in [0.25, 0.3) is 0 Å². The molecule has 6 nitrogen and oxygen atoms in total. The molecular weight excluding hydrogens is 417 g/mol. The lowest BCUT2D eigenvalue weighted by Gasteiger charge is -2.27. The maximum absolute atomic E-state index is 13.2. The summed E-state index contributed by atoms with van der Waals surface area (Å²) >= 11 is 0. The minimum Gasteiger partial charge on any atom is -0.325 e. The van der Waals surface area contributed by atoms with E-state index in [4.69, 9.17) is 0 Å². The first-order valence-corrected chi connectivity index (χ1v) is 12.2. The molecule has 0 unspecified atom stereocenters. The lowest BCUT2D eigenvalue weighted by molar-refractivity contribution is -0.120. The summed E-state index contributed by atoms with van der Waals surface area (Å²) in [4.78, 5) is 14.9. The molecule has 0 radical (unpaired) electrons. The molecule has 2 aromatic rings. The summed E-state index contributed by atoms with van der Waals surface area (Å²) in [6.45, 7) is 3.60. The fourth-order valence-electron chi connectivity index (χ4n) is 4.36. The van der Waals surface area contributed by atoms with Gasteiger partial charge in [0.2, 0.25) is 15.9 Å². The maximum Gasteiger partial charge on any atom is 0.243 e. The largest absolute Gasteiger partial charge is 0.325 e. The van der Waals surface area contributed by atoms with E-state index in [1.54, 1.807) is 0 Å². The second-order valence-corrected chi connectivity index (χ2v) is 10.2. The summed E-state index contributed by atoms with van der Waals surface area (Å²) < 4.78 is 40.4. The van der Waals surface area contributed by atoms with Crippen molar-refractivity contribution < 1.29 is 17.6 Å². The van der Waals surface area contributed by atoms with Gasteiger partial charge in [0.15, 0.2) is 0 Å². The number of sulfonamides is 1. The molecule has 1 aliphatic heterocycles. The number of aryl methyl sites for hydroxylation is 2. The van der Waals surface area contributed by atoms with E-state index < -0.39 is 15.8 Å². The van der Waals surface area contributed by atoms with Gasteiger partial charge in [-0.1, -0.05) is 6.07 Å². The van der Waals surface area contributed by atoms with E-state index in [1.165, 1.54) is 27.6 Å². The van der Waals surface area contributed by atoms with Crippen LogP contribution in [0.1, 0.15) is 30.9 Å². The van der Waals surface area contributed by atoms with Crippen LogP contribution >= 0.6 is 0 Å². The molecule has 8 heteroatoms. The van der Waals surface area contributed by atoms with Crippen LogP contribution in [0.15, 0.2) is 47.4 Å². The molecule has 1 atom stereocenters. The number of hydrogen-bond acceptors (Lipinski definition) is 4. The van der Waals surface area contributed by atoms with Crippen LogP contribution in [0.2, 0.25) is 0 Å². The fraction of sp³-hybridized carbons (Fsp3) is 0.435. The van der Waals surface area contributed by atoms with Crippen LogP contribution < -0.4 is 5.32 Å². The Labute approximate surface area is 183 Å². The standard InChI is InChI=1S/C23H28FN3O3S/c1-17(23(28)25-21-9-6-18-4-2-5-19(18)16-21)26-12-3-13-27(15-14-26)31(29,30)22-10-7-20(24)8-11-22/h6-11,16-17H,2-5,12-15H2,1H3,(H,25,28)/t17-/m1/s1. The number of nitrogens with one attached hydrogen (secondary N) is 1. The highest BCUT2D eigenvalue weighted by molar-refractivity contribution is 7.89. The number of carbonyl (C=O) groups is 1. The van der Waals surface area contributed by atoms with Crippen molar-refractivity contribution in [1.82, 2.24) is 9.21 Å². The lowest BCUT2D eigenvalue weighted by Crippen LogP contribution is -2.44.